The molecule has 1 atom stereocenters. The number of aryl methyl sites for hydroxylation is 1. The van der Waals surface area contributed by atoms with Crippen LogP contribution in [0.25, 0.3) is 0 Å². The lowest BCUT2D eigenvalue weighted by Gasteiger charge is -2.17. The predicted octanol–water partition coefficient (Wildman–Crippen LogP) is 1.32. The number of non-ortho nitro benzene ring substituents is 1. The maximum atomic E-state index is 12.4. The number of nitrogens with zero attached hydrogens (tertiary/aromatic N) is 1. The Morgan fingerprint density at radius 2 is 2.10 bits per heavy atom. The molecule has 1 heterocycles. The quantitative estimate of drug-likeness (QED) is 0.645. The summed E-state index contributed by atoms with van der Waals surface area (Å²) in [6.07, 6.45) is 2.45. The second kappa shape index (κ2) is 6.50. The zero-order valence-electron chi connectivity index (χ0n) is 11.8. The molecule has 1 aliphatic rings. The van der Waals surface area contributed by atoms with Crippen molar-refractivity contribution in [3.63, 3.8) is 0 Å². The Balaban J connectivity index is 2.20. The van der Waals surface area contributed by atoms with Gasteiger partial charge < -0.3 is 5.32 Å². The van der Waals surface area contributed by atoms with E-state index in [9.17, 15) is 18.5 Å². The number of benzene rings is 1. The molecule has 7 nitrogen and oxygen atoms in total. The molecule has 1 saturated heterocycles. The van der Waals surface area contributed by atoms with Gasteiger partial charge in [0, 0.05) is 18.2 Å². The van der Waals surface area contributed by atoms with Crippen molar-refractivity contribution in [3.8, 4) is 0 Å². The Kier molecular flexibility index (Phi) is 4.92. The first-order chi connectivity index (χ1) is 9.90. The molecule has 0 spiro atoms. The molecule has 116 valence electrons. The van der Waals surface area contributed by atoms with Crippen molar-refractivity contribution in [2.24, 2.45) is 0 Å². The van der Waals surface area contributed by atoms with Gasteiger partial charge in [0.2, 0.25) is 10.0 Å². The Hall–Kier alpha value is -1.51. The van der Waals surface area contributed by atoms with E-state index in [1.807, 2.05) is 0 Å². The van der Waals surface area contributed by atoms with E-state index in [4.69, 9.17) is 0 Å². The lowest BCUT2D eigenvalue weighted by molar-refractivity contribution is -0.385. The topological polar surface area (TPSA) is 101 Å². The van der Waals surface area contributed by atoms with Crippen LogP contribution in [-0.2, 0) is 10.0 Å². The summed E-state index contributed by atoms with van der Waals surface area (Å²) in [4.78, 5) is 10.3. The van der Waals surface area contributed by atoms with Crippen LogP contribution < -0.4 is 10.0 Å². The van der Waals surface area contributed by atoms with Gasteiger partial charge in [-0.15, -0.1) is 0 Å². The van der Waals surface area contributed by atoms with Crippen LogP contribution in [0, 0.1) is 17.0 Å². The summed E-state index contributed by atoms with van der Waals surface area (Å²) < 4.78 is 27.5. The van der Waals surface area contributed by atoms with Crippen molar-refractivity contribution < 1.29 is 13.3 Å². The van der Waals surface area contributed by atoms with E-state index in [0.29, 0.717) is 5.56 Å². The number of rotatable bonds is 4. The summed E-state index contributed by atoms with van der Waals surface area (Å²) in [5, 5.41) is 13.9. The van der Waals surface area contributed by atoms with Crippen molar-refractivity contribution >= 4 is 15.7 Å². The molecule has 0 amide bonds. The number of nitrogens with one attached hydrogen (secondary N) is 2. The molecule has 8 heteroatoms. The van der Waals surface area contributed by atoms with Gasteiger partial charge in [0.1, 0.15) is 0 Å². The minimum absolute atomic E-state index is 0.0976. The van der Waals surface area contributed by atoms with Gasteiger partial charge in [0.05, 0.1) is 9.82 Å². The molecule has 1 aromatic carbocycles. The van der Waals surface area contributed by atoms with Crippen LogP contribution in [0.4, 0.5) is 5.69 Å². The highest BCUT2D eigenvalue weighted by molar-refractivity contribution is 7.89. The van der Waals surface area contributed by atoms with Crippen molar-refractivity contribution in [2.75, 3.05) is 13.1 Å². The van der Waals surface area contributed by atoms with Gasteiger partial charge in [0.15, 0.2) is 0 Å². The molecular formula is C13H19N3O4S. The van der Waals surface area contributed by atoms with Crippen LogP contribution in [0.3, 0.4) is 0 Å². The fourth-order valence-corrected chi connectivity index (χ4v) is 4.00. The lowest BCUT2D eigenvalue weighted by atomic mass is 10.1. The van der Waals surface area contributed by atoms with Crippen LogP contribution in [-0.4, -0.2) is 32.5 Å². The Morgan fingerprint density at radius 3 is 2.76 bits per heavy atom. The van der Waals surface area contributed by atoms with Gasteiger partial charge in [-0.05, 0) is 50.9 Å². The van der Waals surface area contributed by atoms with Crippen molar-refractivity contribution in [2.45, 2.75) is 37.1 Å². The number of hydrogen-bond acceptors (Lipinski definition) is 5. The molecule has 1 fully saturated rings. The number of nitro benzene ring substituents is 1. The Morgan fingerprint density at radius 1 is 1.33 bits per heavy atom. The van der Waals surface area contributed by atoms with E-state index < -0.39 is 14.9 Å². The normalized spacial score (nSPS) is 20.0. The molecule has 0 saturated carbocycles. The monoisotopic (exact) mass is 313 g/mol. The summed E-state index contributed by atoms with van der Waals surface area (Å²) >= 11 is 0. The highest BCUT2D eigenvalue weighted by atomic mass is 32.2. The number of sulfonamides is 1. The maximum Gasteiger partial charge on any atom is 0.269 e. The second-order valence-electron chi connectivity index (χ2n) is 5.21. The van der Waals surface area contributed by atoms with Crippen molar-refractivity contribution in [1.82, 2.24) is 10.0 Å². The first-order valence-electron chi connectivity index (χ1n) is 6.88. The molecule has 21 heavy (non-hydrogen) atoms. The van der Waals surface area contributed by atoms with Gasteiger partial charge in [-0.25, -0.2) is 13.1 Å². The summed E-state index contributed by atoms with van der Waals surface area (Å²) in [6, 6.07) is 3.70. The third kappa shape index (κ3) is 3.99. The van der Waals surface area contributed by atoms with Crippen LogP contribution in [0.5, 0.6) is 0 Å². The smallest absolute Gasteiger partial charge is 0.269 e. The van der Waals surface area contributed by atoms with Crippen LogP contribution in [0.2, 0.25) is 0 Å². The molecule has 1 unspecified atom stereocenters. The molecule has 2 N–H and O–H groups in total. The summed E-state index contributed by atoms with van der Waals surface area (Å²) in [7, 11) is -3.65. The number of hydrogen-bond donors (Lipinski definition) is 2. The molecule has 0 aromatic heterocycles. The summed E-state index contributed by atoms with van der Waals surface area (Å²) in [5.41, 5.74) is 0.272. The molecular weight excluding hydrogens is 294 g/mol. The van der Waals surface area contributed by atoms with E-state index in [1.165, 1.54) is 18.2 Å². The zero-order chi connectivity index (χ0) is 15.5. The minimum atomic E-state index is -3.65. The average Bonchev–Trinajstić information content (AvgIpc) is 2.66. The Bertz CT molecular complexity index is 622. The maximum absolute atomic E-state index is 12.4. The van der Waals surface area contributed by atoms with E-state index in [2.05, 4.69) is 10.0 Å². The van der Waals surface area contributed by atoms with Crippen LogP contribution in [0.1, 0.15) is 24.8 Å². The fourth-order valence-electron chi connectivity index (χ4n) is 2.47. The number of nitro groups is 1. The predicted molar refractivity (Wildman–Crippen MR) is 78.7 cm³/mol. The van der Waals surface area contributed by atoms with Gasteiger partial charge in [-0.2, -0.15) is 0 Å². The minimum Gasteiger partial charge on any atom is -0.317 e. The van der Waals surface area contributed by atoms with Gasteiger partial charge in [0.25, 0.3) is 5.69 Å². The van der Waals surface area contributed by atoms with E-state index in [-0.39, 0.29) is 16.6 Å². The van der Waals surface area contributed by atoms with Crippen molar-refractivity contribution in [1.29, 1.82) is 0 Å². The highest BCUT2D eigenvalue weighted by Gasteiger charge is 2.23. The van der Waals surface area contributed by atoms with Gasteiger partial charge in [-0.1, -0.05) is 0 Å². The molecule has 2 rings (SSSR count). The first kappa shape index (κ1) is 15.9. The SMILES string of the molecule is Cc1cc([N+](=O)[O-])ccc1S(=O)(=O)NC1CCCNCC1. The largest absolute Gasteiger partial charge is 0.317 e. The van der Waals surface area contributed by atoms with Crippen molar-refractivity contribution in [3.05, 3.63) is 33.9 Å². The average molecular weight is 313 g/mol. The van der Waals surface area contributed by atoms with Gasteiger partial charge in [-0.3, -0.25) is 10.1 Å². The molecule has 1 aromatic rings. The molecule has 1 aliphatic heterocycles. The molecule has 0 bridgehead atoms. The van der Waals surface area contributed by atoms with Crippen LogP contribution in [0.15, 0.2) is 23.1 Å². The zero-order valence-corrected chi connectivity index (χ0v) is 12.6. The van der Waals surface area contributed by atoms with E-state index >= 15 is 0 Å². The Labute approximate surface area is 123 Å². The van der Waals surface area contributed by atoms with E-state index in [0.717, 1.165) is 32.4 Å². The fraction of sp³-hybridized carbons (Fsp3) is 0.538. The standard InChI is InChI=1S/C13H19N3O4S/c1-10-9-12(16(17)18)4-5-13(10)21(19,20)15-11-3-2-7-14-8-6-11/h4-5,9,11,14-15H,2-3,6-8H2,1H3. The lowest BCUT2D eigenvalue weighted by Crippen LogP contribution is -2.35. The first-order valence-corrected chi connectivity index (χ1v) is 8.36. The second-order valence-corrected chi connectivity index (χ2v) is 6.89. The highest BCUT2D eigenvalue weighted by Crippen LogP contribution is 2.22. The van der Waals surface area contributed by atoms with Crippen LogP contribution >= 0.6 is 0 Å². The van der Waals surface area contributed by atoms with Gasteiger partial charge >= 0.3 is 0 Å². The molecule has 0 radical (unpaired) electrons. The molecule has 0 aliphatic carbocycles. The third-order valence-corrected chi connectivity index (χ3v) is 5.24. The summed E-state index contributed by atoms with van der Waals surface area (Å²) in [5.74, 6) is 0. The van der Waals surface area contributed by atoms with E-state index in [1.54, 1.807) is 6.92 Å². The third-order valence-electron chi connectivity index (χ3n) is 3.56. The summed E-state index contributed by atoms with van der Waals surface area (Å²) in [6.45, 7) is 3.25.